The lowest BCUT2D eigenvalue weighted by Gasteiger charge is -2.19. The summed E-state index contributed by atoms with van der Waals surface area (Å²) in [5.41, 5.74) is 4.09. The zero-order chi connectivity index (χ0) is 13.5. The lowest BCUT2D eigenvalue weighted by Crippen LogP contribution is -2.21. The summed E-state index contributed by atoms with van der Waals surface area (Å²) in [7, 11) is 0. The molecule has 1 atom stereocenters. The summed E-state index contributed by atoms with van der Waals surface area (Å²) in [6.45, 7) is 5.34. The molecular weight excluding hydrogens is 230 g/mol. The molecule has 0 aliphatic carbocycles. The fourth-order valence-corrected chi connectivity index (χ4v) is 2.44. The Kier molecular flexibility index (Phi) is 5.17. The highest BCUT2D eigenvalue weighted by atomic mass is 14.9. The molecule has 1 N–H and O–H groups in total. The molecule has 0 aromatic heterocycles. The first-order valence-electron chi connectivity index (χ1n) is 7.22. The van der Waals surface area contributed by atoms with E-state index < -0.39 is 0 Å². The molecule has 0 spiro atoms. The molecular formula is C18H23N. The second-order valence-corrected chi connectivity index (χ2v) is 4.89. The van der Waals surface area contributed by atoms with Gasteiger partial charge in [-0.3, -0.25) is 0 Å². The fraction of sp³-hybridized carbons (Fsp3) is 0.333. The van der Waals surface area contributed by atoms with Gasteiger partial charge < -0.3 is 5.32 Å². The van der Waals surface area contributed by atoms with Crippen LogP contribution in [0.15, 0.2) is 54.6 Å². The van der Waals surface area contributed by atoms with Gasteiger partial charge in [-0.15, -0.1) is 0 Å². The van der Waals surface area contributed by atoms with Crippen LogP contribution in [0.3, 0.4) is 0 Å². The van der Waals surface area contributed by atoms with E-state index in [1.165, 1.54) is 23.1 Å². The lowest BCUT2D eigenvalue weighted by atomic mass is 9.97. The van der Waals surface area contributed by atoms with E-state index >= 15 is 0 Å². The Hall–Kier alpha value is -1.60. The molecule has 19 heavy (non-hydrogen) atoms. The van der Waals surface area contributed by atoms with Gasteiger partial charge in [0.05, 0.1) is 6.04 Å². The van der Waals surface area contributed by atoms with Crippen LogP contribution in [0.25, 0.3) is 0 Å². The zero-order valence-electron chi connectivity index (χ0n) is 11.9. The Bertz CT molecular complexity index is 473. The van der Waals surface area contributed by atoms with E-state index in [1.54, 1.807) is 0 Å². The van der Waals surface area contributed by atoms with Crippen LogP contribution in [0.2, 0.25) is 0 Å². The second kappa shape index (κ2) is 7.10. The maximum absolute atomic E-state index is 3.57. The quantitative estimate of drug-likeness (QED) is 0.807. The number of benzene rings is 2. The van der Waals surface area contributed by atoms with Gasteiger partial charge in [-0.25, -0.2) is 0 Å². The summed E-state index contributed by atoms with van der Waals surface area (Å²) < 4.78 is 0. The first kappa shape index (κ1) is 13.8. The van der Waals surface area contributed by atoms with Crippen LogP contribution in [0, 0.1) is 0 Å². The molecule has 2 aromatic rings. The Balaban J connectivity index is 2.24. The zero-order valence-corrected chi connectivity index (χ0v) is 11.9. The molecule has 0 radical (unpaired) electrons. The molecule has 1 nitrogen and oxygen atoms in total. The largest absolute Gasteiger partial charge is 0.307 e. The number of aryl methyl sites for hydroxylation is 1. The Labute approximate surface area is 116 Å². The maximum atomic E-state index is 3.57. The molecule has 2 rings (SSSR count). The van der Waals surface area contributed by atoms with Crippen LogP contribution in [0.4, 0.5) is 0 Å². The predicted octanol–water partition coefficient (Wildman–Crippen LogP) is 4.34. The van der Waals surface area contributed by atoms with E-state index in [1.807, 2.05) is 0 Å². The number of rotatable bonds is 6. The molecule has 0 fully saturated rings. The van der Waals surface area contributed by atoms with Gasteiger partial charge in [-0.1, -0.05) is 74.9 Å². The summed E-state index contributed by atoms with van der Waals surface area (Å²) in [5, 5.41) is 3.57. The van der Waals surface area contributed by atoms with Gasteiger partial charge in [0.25, 0.3) is 0 Å². The molecule has 1 heteroatoms. The minimum Gasteiger partial charge on any atom is -0.307 e. The average molecular weight is 253 g/mol. The lowest BCUT2D eigenvalue weighted by molar-refractivity contribution is 0.630. The third-order valence-corrected chi connectivity index (χ3v) is 3.39. The summed E-state index contributed by atoms with van der Waals surface area (Å²) >= 11 is 0. The minimum atomic E-state index is 0.293. The van der Waals surface area contributed by atoms with Gasteiger partial charge in [-0.05, 0) is 29.7 Å². The van der Waals surface area contributed by atoms with E-state index in [0.717, 1.165) is 13.0 Å². The third kappa shape index (κ3) is 3.68. The molecule has 2 aromatic carbocycles. The van der Waals surface area contributed by atoms with Gasteiger partial charge in [0.1, 0.15) is 0 Å². The predicted molar refractivity (Wildman–Crippen MR) is 82.4 cm³/mol. The highest BCUT2D eigenvalue weighted by molar-refractivity contribution is 5.33. The summed E-state index contributed by atoms with van der Waals surface area (Å²) in [6, 6.07) is 20.0. The van der Waals surface area contributed by atoms with Crippen molar-refractivity contribution in [2.24, 2.45) is 0 Å². The van der Waals surface area contributed by atoms with Crippen LogP contribution in [0.5, 0.6) is 0 Å². The normalized spacial score (nSPS) is 12.3. The minimum absolute atomic E-state index is 0.293. The first-order chi connectivity index (χ1) is 9.35. The van der Waals surface area contributed by atoms with Crippen molar-refractivity contribution in [1.82, 2.24) is 5.32 Å². The fourth-order valence-electron chi connectivity index (χ4n) is 2.44. The Morgan fingerprint density at radius 1 is 0.842 bits per heavy atom. The highest BCUT2D eigenvalue weighted by Gasteiger charge is 2.11. The topological polar surface area (TPSA) is 12.0 Å². The van der Waals surface area contributed by atoms with Crippen molar-refractivity contribution in [3.63, 3.8) is 0 Å². The van der Waals surface area contributed by atoms with Crippen molar-refractivity contribution in [3.8, 4) is 0 Å². The SMILES string of the molecule is CCCc1ccc(C(NCC)c2ccccc2)cc1. The third-order valence-electron chi connectivity index (χ3n) is 3.39. The van der Waals surface area contributed by atoms with Crippen molar-refractivity contribution < 1.29 is 0 Å². The van der Waals surface area contributed by atoms with E-state index in [-0.39, 0.29) is 0 Å². The van der Waals surface area contributed by atoms with Crippen molar-refractivity contribution in [2.75, 3.05) is 6.54 Å². The van der Waals surface area contributed by atoms with E-state index in [4.69, 9.17) is 0 Å². The van der Waals surface area contributed by atoms with E-state index in [9.17, 15) is 0 Å². The summed E-state index contributed by atoms with van der Waals surface area (Å²) in [6.07, 6.45) is 2.37. The Morgan fingerprint density at radius 3 is 2.05 bits per heavy atom. The number of nitrogens with one attached hydrogen (secondary N) is 1. The molecule has 0 heterocycles. The van der Waals surface area contributed by atoms with Gasteiger partial charge in [-0.2, -0.15) is 0 Å². The molecule has 0 saturated heterocycles. The summed E-state index contributed by atoms with van der Waals surface area (Å²) in [4.78, 5) is 0. The Morgan fingerprint density at radius 2 is 1.47 bits per heavy atom. The van der Waals surface area contributed by atoms with Crippen LogP contribution >= 0.6 is 0 Å². The van der Waals surface area contributed by atoms with Crippen molar-refractivity contribution in [1.29, 1.82) is 0 Å². The van der Waals surface area contributed by atoms with Crippen LogP contribution in [-0.4, -0.2) is 6.54 Å². The molecule has 0 aliphatic rings. The molecule has 0 saturated carbocycles. The second-order valence-electron chi connectivity index (χ2n) is 4.89. The average Bonchev–Trinajstić information content (AvgIpc) is 2.47. The van der Waals surface area contributed by atoms with E-state index in [2.05, 4.69) is 73.8 Å². The van der Waals surface area contributed by atoms with Crippen LogP contribution in [0.1, 0.15) is 43.0 Å². The van der Waals surface area contributed by atoms with Gasteiger partial charge in [0.2, 0.25) is 0 Å². The van der Waals surface area contributed by atoms with Crippen molar-refractivity contribution >= 4 is 0 Å². The standard InChI is InChI=1S/C18H23N/c1-3-8-15-11-13-17(14-12-15)18(19-4-2)16-9-6-5-7-10-16/h5-7,9-14,18-19H,3-4,8H2,1-2H3. The van der Waals surface area contributed by atoms with Crippen molar-refractivity contribution in [2.45, 2.75) is 32.7 Å². The number of hydrogen-bond donors (Lipinski definition) is 1. The van der Waals surface area contributed by atoms with Crippen LogP contribution in [-0.2, 0) is 6.42 Å². The highest BCUT2D eigenvalue weighted by Crippen LogP contribution is 2.22. The monoisotopic (exact) mass is 253 g/mol. The van der Waals surface area contributed by atoms with E-state index in [0.29, 0.717) is 6.04 Å². The summed E-state index contributed by atoms with van der Waals surface area (Å²) in [5.74, 6) is 0. The van der Waals surface area contributed by atoms with Gasteiger partial charge in [0, 0.05) is 0 Å². The van der Waals surface area contributed by atoms with Gasteiger partial charge in [0.15, 0.2) is 0 Å². The first-order valence-corrected chi connectivity index (χ1v) is 7.22. The van der Waals surface area contributed by atoms with Gasteiger partial charge >= 0.3 is 0 Å². The molecule has 0 aliphatic heterocycles. The molecule has 100 valence electrons. The maximum Gasteiger partial charge on any atom is 0.0576 e. The molecule has 0 amide bonds. The van der Waals surface area contributed by atoms with Crippen molar-refractivity contribution in [3.05, 3.63) is 71.3 Å². The smallest absolute Gasteiger partial charge is 0.0576 e. The molecule has 0 bridgehead atoms. The molecule has 1 unspecified atom stereocenters. The van der Waals surface area contributed by atoms with Crippen LogP contribution < -0.4 is 5.32 Å². The number of hydrogen-bond acceptors (Lipinski definition) is 1.